The van der Waals surface area contributed by atoms with Crippen molar-refractivity contribution in [2.75, 3.05) is 12.0 Å². The molecular weight excluding hydrogens is 396 g/mol. The molecule has 8 heteroatoms. The summed E-state index contributed by atoms with van der Waals surface area (Å²) in [5.41, 5.74) is 1.08. The van der Waals surface area contributed by atoms with E-state index in [1.54, 1.807) is 49.7 Å². The molecule has 0 aliphatic heterocycles. The lowest BCUT2D eigenvalue weighted by atomic mass is 10.2. The zero-order chi connectivity index (χ0) is 20.4. The van der Waals surface area contributed by atoms with Gasteiger partial charge in [0, 0.05) is 17.8 Å². The number of carbonyl (C=O) groups is 1. The van der Waals surface area contributed by atoms with Gasteiger partial charge in [-0.25, -0.2) is 13.8 Å². The summed E-state index contributed by atoms with van der Waals surface area (Å²) in [6.07, 6.45) is 1.62. The van der Waals surface area contributed by atoms with E-state index >= 15 is 0 Å². The molecule has 4 rings (SSSR count). The van der Waals surface area contributed by atoms with Crippen LogP contribution in [0.2, 0.25) is 0 Å². The Hall–Kier alpha value is -3.39. The van der Waals surface area contributed by atoms with Crippen LogP contribution >= 0.6 is 11.3 Å². The quantitative estimate of drug-likeness (QED) is 0.472. The van der Waals surface area contributed by atoms with Crippen molar-refractivity contribution in [2.24, 2.45) is 0 Å². The average molecular weight is 411 g/mol. The van der Waals surface area contributed by atoms with Crippen LogP contribution in [0.15, 0.2) is 60.8 Å². The van der Waals surface area contributed by atoms with E-state index in [0.29, 0.717) is 21.7 Å². The second kappa shape index (κ2) is 7.92. The molecule has 0 bridgehead atoms. The van der Waals surface area contributed by atoms with E-state index in [-0.39, 0.29) is 23.1 Å². The molecule has 0 atom stereocenters. The molecule has 29 heavy (non-hydrogen) atoms. The summed E-state index contributed by atoms with van der Waals surface area (Å²) in [5, 5.41) is 0.260. The lowest BCUT2D eigenvalue weighted by Gasteiger charge is -2.19. The predicted molar refractivity (Wildman–Crippen MR) is 107 cm³/mol. The first kappa shape index (κ1) is 18.9. The lowest BCUT2D eigenvalue weighted by molar-refractivity contribution is 0.0984. The van der Waals surface area contributed by atoms with E-state index in [0.717, 1.165) is 17.4 Å². The van der Waals surface area contributed by atoms with Gasteiger partial charge in [0.15, 0.2) is 10.9 Å². The lowest BCUT2D eigenvalue weighted by Crippen LogP contribution is -2.30. The van der Waals surface area contributed by atoms with Crippen molar-refractivity contribution in [2.45, 2.75) is 6.54 Å². The molecule has 0 saturated carbocycles. The van der Waals surface area contributed by atoms with Crippen LogP contribution in [0, 0.1) is 11.6 Å². The Bertz CT molecular complexity index is 1160. The minimum absolute atomic E-state index is 0.0277. The largest absolute Gasteiger partial charge is 0.497 e. The standard InChI is InChI=1S/C21H15F2N3O2S/c1-28-16-7-5-13(6-8-16)20(27)26(12-15-4-2-3-9-24-15)21-25-19-17(23)10-14(22)11-18(19)29-21/h2-11H,12H2,1H3. The van der Waals surface area contributed by atoms with E-state index in [2.05, 4.69) is 9.97 Å². The first-order valence-corrected chi connectivity index (χ1v) is 9.48. The topological polar surface area (TPSA) is 55.3 Å². The number of methoxy groups -OCH3 is 1. The van der Waals surface area contributed by atoms with Crippen LogP contribution < -0.4 is 9.64 Å². The molecule has 1 amide bonds. The van der Waals surface area contributed by atoms with E-state index in [1.807, 2.05) is 6.07 Å². The molecule has 2 heterocycles. The number of amides is 1. The van der Waals surface area contributed by atoms with Crippen molar-refractivity contribution in [1.29, 1.82) is 0 Å². The molecule has 2 aromatic heterocycles. The smallest absolute Gasteiger partial charge is 0.260 e. The third-order valence-corrected chi connectivity index (χ3v) is 5.29. The number of hydrogen-bond donors (Lipinski definition) is 0. The van der Waals surface area contributed by atoms with E-state index in [9.17, 15) is 13.6 Å². The number of fused-ring (bicyclic) bond motifs is 1. The number of nitrogens with zero attached hydrogens (tertiary/aromatic N) is 3. The summed E-state index contributed by atoms with van der Waals surface area (Å²) in [4.78, 5) is 23.2. The highest BCUT2D eigenvalue weighted by atomic mass is 32.1. The number of carbonyl (C=O) groups excluding carboxylic acids is 1. The van der Waals surface area contributed by atoms with Crippen LogP contribution in [0.5, 0.6) is 5.75 Å². The number of anilines is 1. The highest BCUT2D eigenvalue weighted by molar-refractivity contribution is 7.22. The van der Waals surface area contributed by atoms with Crippen molar-refractivity contribution in [3.05, 3.63) is 83.7 Å². The highest BCUT2D eigenvalue weighted by Gasteiger charge is 2.23. The Balaban J connectivity index is 1.77. The molecule has 5 nitrogen and oxygen atoms in total. The fourth-order valence-corrected chi connectivity index (χ4v) is 3.83. The molecular formula is C21H15F2N3O2S. The Morgan fingerprint density at radius 2 is 1.93 bits per heavy atom. The molecule has 0 unspecified atom stereocenters. The van der Waals surface area contributed by atoms with Gasteiger partial charge in [0.1, 0.15) is 17.1 Å². The van der Waals surface area contributed by atoms with Crippen molar-refractivity contribution in [3.63, 3.8) is 0 Å². The van der Waals surface area contributed by atoms with Gasteiger partial charge >= 0.3 is 0 Å². The van der Waals surface area contributed by atoms with Crippen molar-refractivity contribution >= 4 is 32.6 Å². The molecule has 0 N–H and O–H groups in total. The SMILES string of the molecule is COc1ccc(C(=O)N(Cc2ccccn2)c2nc3c(F)cc(F)cc3s2)cc1. The highest BCUT2D eigenvalue weighted by Crippen LogP contribution is 2.32. The van der Waals surface area contributed by atoms with Gasteiger partial charge in [0.25, 0.3) is 5.91 Å². The first-order valence-electron chi connectivity index (χ1n) is 8.66. The molecule has 0 radical (unpaired) electrons. The number of benzene rings is 2. The summed E-state index contributed by atoms with van der Waals surface area (Å²) in [7, 11) is 1.54. The third-order valence-electron chi connectivity index (χ3n) is 4.26. The van der Waals surface area contributed by atoms with Gasteiger partial charge in [-0.2, -0.15) is 0 Å². The van der Waals surface area contributed by atoms with Crippen LogP contribution in [0.25, 0.3) is 10.2 Å². The van der Waals surface area contributed by atoms with Gasteiger partial charge < -0.3 is 4.74 Å². The first-order chi connectivity index (χ1) is 14.0. The second-order valence-electron chi connectivity index (χ2n) is 6.17. The number of rotatable bonds is 5. The number of halogens is 2. The molecule has 0 saturated heterocycles. The van der Waals surface area contributed by atoms with Crippen LogP contribution in [-0.2, 0) is 6.54 Å². The maximum absolute atomic E-state index is 14.1. The molecule has 146 valence electrons. The van der Waals surface area contributed by atoms with E-state index in [4.69, 9.17) is 4.74 Å². The van der Waals surface area contributed by atoms with Crippen molar-refractivity contribution in [3.8, 4) is 5.75 Å². The minimum Gasteiger partial charge on any atom is -0.497 e. The van der Waals surface area contributed by atoms with Gasteiger partial charge in [-0.1, -0.05) is 17.4 Å². The number of thiazole rings is 1. The number of hydrogen-bond acceptors (Lipinski definition) is 5. The molecule has 0 fully saturated rings. The minimum atomic E-state index is -0.766. The Kier molecular flexibility index (Phi) is 5.18. The van der Waals surface area contributed by atoms with Gasteiger partial charge in [-0.15, -0.1) is 0 Å². The van der Waals surface area contributed by atoms with E-state index in [1.165, 1.54) is 11.0 Å². The van der Waals surface area contributed by atoms with Crippen molar-refractivity contribution in [1.82, 2.24) is 9.97 Å². The molecule has 0 spiro atoms. The molecule has 0 aliphatic carbocycles. The van der Waals surface area contributed by atoms with Gasteiger partial charge in [0.05, 0.1) is 24.0 Å². The normalized spacial score (nSPS) is 10.9. The molecule has 4 aromatic rings. The number of aromatic nitrogens is 2. The van der Waals surface area contributed by atoms with E-state index < -0.39 is 11.6 Å². The zero-order valence-electron chi connectivity index (χ0n) is 15.3. The second-order valence-corrected chi connectivity index (χ2v) is 7.18. The summed E-state index contributed by atoms with van der Waals surface area (Å²) >= 11 is 1.05. The fourth-order valence-electron chi connectivity index (χ4n) is 2.83. The van der Waals surface area contributed by atoms with Crippen LogP contribution in [0.4, 0.5) is 13.9 Å². The maximum atomic E-state index is 14.1. The Morgan fingerprint density at radius 3 is 2.62 bits per heavy atom. The summed E-state index contributed by atoms with van der Waals surface area (Å²) < 4.78 is 33.2. The molecule has 2 aromatic carbocycles. The Labute approximate surface area is 169 Å². The van der Waals surface area contributed by atoms with Crippen molar-refractivity contribution < 1.29 is 18.3 Å². The zero-order valence-corrected chi connectivity index (χ0v) is 16.1. The summed E-state index contributed by atoms with van der Waals surface area (Å²) in [6, 6.07) is 14.0. The Morgan fingerprint density at radius 1 is 1.14 bits per heavy atom. The van der Waals surface area contributed by atoms with Crippen LogP contribution in [0.1, 0.15) is 16.1 Å². The predicted octanol–water partition coefficient (Wildman–Crippen LogP) is 4.83. The summed E-state index contributed by atoms with van der Waals surface area (Å²) in [6.45, 7) is 0.135. The van der Waals surface area contributed by atoms with Gasteiger partial charge in [0.2, 0.25) is 0 Å². The average Bonchev–Trinajstić information content (AvgIpc) is 3.16. The summed E-state index contributed by atoms with van der Waals surface area (Å²) in [5.74, 6) is -1.17. The molecule has 0 aliphatic rings. The van der Waals surface area contributed by atoms with Crippen LogP contribution in [-0.4, -0.2) is 23.0 Å². The third kappa shape index (κ3) is 3.93. The number of ether oxygens (including phenoxy) is 1. The number of pyridine rings is 1. The maximum Gasteiger partial charge on any atom is 0.260 e. The van der Waals surface area contributed by atoms with Gasteiger partial charge in [-0.05, 0) is 42.5 Å². The van der Waals surface area contributed by atoms with Gasteiger partial charge in [-0.3, -0.25) is 14.7 Å². The monoisotopic (exact) mass is 411 g/mol. The fraction of sp³-hybridized carbons (Fsp3) is 0.0952. The van der Waals surface area contributed by atoms with Crippen LogP contribution in [0.3, 0.4) is 0 Å².